The van der Waals surface area contributed by atoms with Gasteiger partial charge in [-0.1, -0.05) is 0 Å². The van der Waals surface area contributed by atoms with Crippen LogP contribution in [-0.4, -0.2) is 17.4 Å². The van der Waals surface area contributed by atoms with Crippen LogP contribution in [0.1, 0.15) is 0 Å². The largest absolute Gasteiger partial charge is 0.383 e. The van der Waals surface area contributed by atoms with E-state index in [0.29, 0.717) is 5.88 Å². The number of rotatable bonds is 3. The van der Waals surface area contributed by atoms with Crippen molar-refractivity contribution in [3.8, 4) is 0 Å². The normalized spacial score (nSPS) is 9.64. The van der Waals surface area contributed by atoms with E-state index in [1.54, 1.807) is 6.20 Å². The average molecular weight is 236 g/mol. The molecule has 0 saturated heterocycles. The molecule has 2 nitrogen and oxygen atoms in total. The summed E-state index contributed by atoms with van der Waals surface area (Å²) >= 11 is 8.74. The molecule has 0 radical (unpaired) electrons. The Morgan fingerprint density at radius 2 is 2.36 bits per heavy atom. The zero-order valence-corrected chi connectivity index (χ0v) is 8.19. The van der Waals surface area contributed by atoms with Crippen molar-refractivity contribution in [2.45, 2.75) is 0 Å². The highest BCUT2D eigenvalue weighted by Gasteiger charge is 1.90. The topological polar surface area (TPSA) is 24.9 Å². The van der Waals surface area contributed by atoms with Crippen molar-refractivity contribution in [1.29, 1.82) is 0 Å². The number of aromatic nitrogens is 1. The maximum Gasteiger partial charge on any atom is 0.106 e. The second-order valence-corrected chi connectivity index (χ2v) is 3.18. The monoisotopic (exact) mass is 234 g/mol. The molecule has 1 heterocycles. The summed E-state index contributed by atoms with van der Waals surface area (Å²) in [4.78, 5) is 4.04. The van der Waals surface area contributed by atoms with Gasteiger partial charge in [-0.3, -0.25) is 0 Å². The van der Waals surface area contributed by atoms with E-state index in [0.717, 1.165) is 16.8 Å². The van der Waals surface area contributed by atoms with Gasteiger partial charge in [0, 0.05) is 12.4 Å². The lowest BCUT2D eigenvalue weighted by atomic mass is 10.4. The van der Waals surface area contributed by atoms with Gasteiger partial charge < -0.3 is 5.32 Å². The van der Waals surface area contributed by atoms with E-state index < -0.39 is 0 Å². The van der Waals surface area contributed by atoms with Gasteiger partial charge >= 0.3 is 0 Å². The van der Waals surface area contributed by atoms with Crippen molar-refractivity contribution in [1.82, 2.24) is 4.98 Å². The van der Waals surface area contributed by atoms with Crippen LogP contribution in [0.25, 0.3) is 0 Å². The molecule has 4 heteroatoms. The van der Waals surface area contributed by atoms with Crippen molar-refractivity contribution < 1.29 is 0 Å². The molecule has 0 bridgehead atoms. The highest BCUT2D eigenvalue weighted by Crippen LogP contribution is 2.09. The fraction of sp³-hybridized carbons (Fsp3) is 0.286. The number of hydrogen-bond acceptors (Lipinski definition) is 2. The number of nitrogens with zero attached hydrogens (tertiary/aromatic N) is 1. The van der Waals surface area contributed by atoms with Crippen molar-refractivity contribution in [3.63, 3.8) is 0 Å². The number of pyridine rings is 1. The summed E-state index contributed by atoms with van der Waals surface area (Å²) in [6, 6.07) is 3.83. The van der Waals surface area contributed by atoms with Crippen molar-refractivity contribution >= 4 is 33.2 Å². The molecule has 11 heavy (non-hydrogen) atoms. The van der Waals surface area contributed by atoms with Crippen LogP contribution in [0, 0.1) is 0 Å². The molecule has 0 unspecified atom stereocenters. The summed E-state index contributed by atoms with van der Waals surface area (Å²) in [6.07, 6.45) is 1.76. The number of halogens is 2. The molecule has 0 aliphatic carbocycles. The average Bonchev–Trinajstić information content (AvgIpc) is 2.04. The molecule has 1 rings (SSSR count). The Morgan fingerprint density at radius 1 is 1.55 bits per heavy atom. The lowest BCUT2D eigenvalue weighted by Gasteiger charge is -2.01. The Morgan fingerprint density at radius 3 is 2.91 bits per heavy atom. The lowest BCUT2D eigenvalue weighted by Crippen LogP contribution is -2.02. The summed E-state index contributed by atoms with van der Waals surface area (Å²) in [5.41, 5.74) is 0.994. The van der Waals surface area contributed by atoms with Gasteiger partial charge in [0.25, 0.3) is 0 Å². The maximum atomic E-state index is 5.49. The minimum atomic E-state index is 0.607. The first-order chi connectivity index (χ1) is 5.33. The van der Waals surface area contributed by atoms with Crippen LogP contribution < -0.4 is 5.32 Å². The van der Waals surface area contributed by atoms with Crippen LogP contribution in [0.5, 0.6) is 0 Å². The van der Waals surface area contributed by atoms with Crippen LogP contribution in [0.15, 0.2) is 22.9 Å². The molecule has 0 saturated carbocycles. The third kappa shape index (κ3) is 3.08. The molecule has 0 atom stereocenters. The van der Waals surface area contributed by atoms with Crippen molar-refractivity contribution in [2.75, 3.05) is 17.7 Å². The van der Waals surface area contributed by atoms with Crippen molar-refractivity contribution in [3.05, 3.63) is 22.9 Å². The van der Waals surface area contributed by atoms with Gasteiger partial charge in [0.1, 0.15) is 4.60 Å². The first-order valence-corrected chi connectivity index (χ1v) is 4.57. The molecule has 1 aromatic heterocycles. The van der Waals surface area contributed by atoms with Crippen LogP contribution in [0.2, 0.25) is 0 Å². The zero-order valence-electron chi connectivity index (χ0n) is 5.85. The van der Waals surface area contributed by atoms with Gasteiger partial charge in [-0.15, -0.1) is 11.6 Å². The molecule has 0 aliphatic rings. The van der Waals surface area contributed by atoms with Crippen LogP contribution >= 0.6 is 27.5 Å². The fourth-order valence-corrected chi connectivity index (χ4v) is 1.00. The first kappa shape index (κ1) is 8.81. The molecule has 0 fully saturated rings. The predicted octanol–water partition coefficient (Wildman–Crippen LogP) is 2.49. The number of anilines is 1. The van der Waals surface area contributed by atoms with Crippen LogP contribution in [0.4, 0.5) is 5.69 Å². The lowest BCUT2D eigenvalue weighted by molar-refractivity contribution is 1.19. The van der Waals surface area contributed by atoms with Gasteiger partial charge in [0.15, 0.2) is 0 Å². The Labute approximate surface area is 79.1 Å². The molecule has 60 valence electrons. The highest BCUT2D eigenvalue weighted by atomic mass is 79.9. The van der Waals surface area contributed by atoms with Crippen LogP contribution in [0.3, 0.4) is 0 Å². The smallest absolute Gasteiger partial charge is 0.106 e. The Bertz CT molecular complexity index is 212. The maximum absolute atomic E-state index is 5.49. The highest BCUT2D eigenvalue weighted by molar-refractivity contribution is 9.10. The van der Waals surface area contributed by atoms with E-state index in [-0.39, 0.29) is 0 Å². The molecule has 0 spiro atoms. The molecule has 1 N–H and O–H groups in total. The third-order valence-corrected chi connectivity index (χ3v) is 1.81. The predicted molar refractivity (Wildman–Crippen MR) is 51.1 cm³/mol. The van der Waals surface area contributed by atoms with Gasteiger partial charge in [0.05, 0.1) is 11.9 Å². The third-order valence-electron chi connectivity index (χ3n) is 1.15. The summed E-state index contributed by atoms with van der Waals surface area (Å²) in [7, 11) is 0. The first-order valence-electron chi connectivity index (χ1n) is 3.24. The summed E-state index contributed by atoms with van der Waals surface area (Å²) in [5, 5.41) is 3.11. The van der Waals surface area contributed by atoms with E-state index in [1.165, 1.54) is 0 Å². The van der Waals surface area contributed by atoms with Crippen molar-refractivity contribution in [2.24, 2.45) is 0 Å². The Hall–Kier alpha value is -0.280. The van der Waals surface area contributed by atoms with Gasteiger partial charge in [-0.2, -0.15) is 0 Å². The summed E-state index contributed by atoms with van der Waals surface area (Å²) in [6.45, 7) is 0.769. The fourth-order valence-electron chi connectivity index (χ4n) is 0.672. The van der Waals surface area contributed by atoms with Crippen LogP contribution in [-0.2, 0) is 0 Å². The number of alkyl halides is 1. The summed E-state index contributed by atoms with van der Waals surface area (Å²) in [5.74, 6) is 0.607. The molecule has 0 aromatic carbocycles. The SMILES string of the molecule is ClCCNc1ccc(Br)nc1. The number of nitrogens with one attached hydrogen (secondary N) is 1. The minimum Gasteiger partial charge on any atom is -0.383 e. The minimum absolute atomic E-state index is 0.607. The van der Waals surface area contributed by atoms with E-state index >= 15 is 0 Å². The van der Waals surface area contributed by atoms with Gasteiger partial charge in [0.2, 0.25) is 0 Å². The zero-order chi connectivity index (χ0) is 8.10. The van der Waals surface area contributed by atoms with E-state index in [1.807, 2.05) is 12.1 Å². The Kier molecular flexibility index (Phi) is 3.66. The second-order valence-electron chi connectivity index (χ2n) is 1.99. The standard InChI is InChI=1S/C7H8BrClN2/c8-7-2-1-6(5-11-7)10-4-3-9/h1-2,5,10H,3-4H2. The van der Waals surface area contributed by atoms with E-state index in [9.17, 15) is 0 Å². The molecule has 0 aliphatic heterocycles. The molecule has 1 aromatic rings. The van der Waals surface area contributed by atoms with Gasteiger partial charge in [-0.25, -0.2) is 4.98 Å². The van der Waals surface area contributed by atoms with E-state index in [4.69, 9.17) is 11.6 Å². The second kappa shape index (κ2) is 4.57. The molecule has 0 amide bonds. The van der Waals surface area contributed by atoms with Gasteiger partial charge in [-0.05, 0) is 28.1 Å². The quantitative estimate of drug-likeness (QED) is 0.643. The molecular weight excluding hydrogens is 227 g/mol. The van der Waals surface area contributed by atoms with E-state index in [2.05, 4.69) is 26.2 Å². The summed E-state index contributed by atoms with van der Waals surface area (Å²) < 4.78 is 0.842. The molecular formula is C7H8BrClN2. The Balaban J connectivity index is 2.52. The number of hydrogen-bond donors (Lipinski definition) is 1.